The van der Waals surface area contributed by atoms with Gasteiger partial charge in [0.1, 0.15) is 23.1 Å². The van der Waals surface area contributed by atoms with E-state index in [1.54, 1.807) is 0 Å². The summed E-state index contributed by atoms with van der Waals surface area (Å²) < 4.78 is 6.49. The predicted octanol–water partition coefficient (Wildman–Crippen LogP) is -1.78. The van der Waals surface area contributed by atoms with Gasteiger partial charge in [-0.15, -0.1) is 0 Å². The summed E-state index contributed by atoms with van der Waals surface area (Å²) in [5, 5.41) is 29.7. The number of nitrogen functional groups attached to an aromatic ring is 1. The zero-order chi connectivity index (χ0) is 14.4. The highest BCUT2D eigenvalue weighted by Gasteiger charge is 2.59. The molecule has 1 aliphatic rings. The summed E-state index contributed by atoms with van der Waals surface area (Å²) in [6.07, 6.45) is -1.21. The molecule has 1 fully saturated rings. The van der Waals surface area contributed by atoms with E-state index in [9.17, 15) is 20.1 Å². The zero-order valence-corrected chi connectivity index (χ0v) is 10.6. The van der Waals surface area contributed by atoms with Crippen molar-refractivity contribution in [2.24, 2.45) is 0 Å². The summed E-state index contributed by atoms with van der Waals surface area (Å²) in [6.45, 7) is 2.27. The van der Waals surface area contributed by atoms with Crippen LogP contribution in [0.15, 0.2) is 17.1 Å². The molecule has 0 radical (unpaired) electrons. The van der Waals surface area contributed by atoms with Gasteiger partial charge in [-0.2, -0.15) is 4.98 Å². The summed E-state index contributed by atoms with van der Waals surface area (Å²) in [4.78, 5) is 15.3. The SMILES string of the molecule is CC1(CO)OC(n2ccc(N)nc2=O)C(C)(O)C1O. The highest BCUT2D eigenvalue weighted by Crippen LogP contribution is 2.43. The fraction of sp³-hybridized carbons (Fsp3) is 0.636. The first-order valence-electron chi connectivity index (χ1n) is 5.76. The molecule has 0 aromatic carbocycles. The average molecular weight is 271 g/mol. The number of aliphatic hydroxyl groups is 3. The van der Waals surface area contributed by atoms with E-state index in [0.717, 1.165) is 4.57 Å². The summed E-state index contributed by atoms with van der Waals surface area (Å²) in [5.41, 5.74) is 1.56. The van der Waals surface area contributed by atoms with Gasteiger partial charge in [0.05, 0.1) is 6.61 Å². The van der Waals surface area contributed by atoms with Crippen LogP contribution >= 0.6 is 0 Å². The van der Waals surface area contributed by atoms with Gasteiger partial charge in [-0.3, -0.25) is 4.57 Å². The number of anilines is 1. The van der Waals surface area contributed by atoms with Gasteiger partial charge in [0.15, 0.2) is 6.23 Å². The molecule has 1 saturated heterocycles. The second-order valence-corrected chi connectivity index (χ2v) is 5.11. The minimum Gasteiger partial charge on any atom is -0.393 e. The normalized spacial score (nSPS) is 38.6. The van der Waals surface area contributed by atoms with E-state index in [-0.39, 0.29) is 5.82 Å². The second kappa shape index (κ2) is 4.27. The molecule has 1 aromatic rings. The van der Waals surface area contributed by atoms with Crippen molar-refractivity contribution < 1.29 is 20.1 Å². The lowest BCUT2D eigenvalue weighted by molar-refractivity contribution is -0.122. The molecular weight excluding hydrogens is 254 g/mol. The maximum atomic E-state index is 11.8. The molecule has 0 aliphatic carbocycles. The monoisotopic (exact) mass is 271 g/mol. The van der Waals surface area contributed by atoms with Crippen LogP contribution in [0.2, 0.25) is 0 Å². The van der Waals surface area contributed by atoms with Crippen LogP contribution in [0.3, 0.4) is 0 Å². The van der Waals surface area contributed by atoms with Crippen LogP contribution in [0.25, 0.3) is 0 Å². The molecule has 8 heteroatoms. The second-order valence-electron chi connectivity index (χ2n) is 5.11. The molecular formula is C11H17N3O5. The van der Waals surface area contributed by atoms with Crippen molar-refractivity contribution in [2.45, 2.75) is 37.4 Å². The van der Waals surface area contributed by atoms with Crippen LogP contribution < -0.4 is 11.4 Å². The Morgan fingerprint density at radius 2 is 2.21 bits per heavy atom. The molecule has 2 rings (SSSR count). The van der Waals surface area contributed by atoms with E-state index in [2.05, 4.69) is 4.98 Å². The van der Waals surface area contributed by atoms with Gasteiger partial charge in [0, 0.05) is 6.20 Å². The fourth-order valence-electron chi connectivity index (χ4n) is 2.26. The van der Waals surface area contributed by atoms with E-state index < -0.39 is 35.8 Å². The van der Waals surface area contributed by atoms with Crippen LogP contribution in [0.4, 0.5) is 5.82 Å². The first-order valence-corrected chi connectivity index (χ1v) is 5.76. The van der Waals surface area contributed by atoms with Gasteiger partial charge >= 0.3 is 5.69 Å². The Balaban J connectivity index is 2.48. The molecule has 19 heavy (non-hydrogen) atoms. The first-order chi connectivity index (χ1) is 8.72. The third-order valence-corrected chi connectivity index (χ3v) is 3.43. The van der Waals surface area contributed by atoms with Crippen LogP contribution in [0.5, 0.6) is 0 Å². The van der Waals surface area contributed by atoms with Gasteiger partial charge < -0.3 is 25.8 Å². The summed E-state index contributed by atoms with van der Waals surface area (Å²) in [6, 6.07) is 1.38. The maximum Gasteiger partial charge on any atom is 0.351 e. The molecule has 4 atom stereocenters. The molecule has 2 heterocycles. The Morgan fingerprint density at radius 3 is 2.68 bits per heavy atom. The van der Waals surface area contributed by atoms with Crippen molar-refractivity contribution in [3.8, 4) is 0 Å². The smallest absolute Gasteiger partial charge is 0.351 e. The van der Waals surface area contributed by atoms with E-state index in [1.165, 1.54) is 26.1 Å². The van der Waals surface area contributed by atoms with Crippen molar-refractivity contribution in [1.82, 2.24) is 9.55 Å². The van der Waals surface area contributed by atoms with Gasteiger partial charge in [-0.1, -0.05) is 0 Å². The predicted molar refractivity (Wildman–Crippen MR) is 65.2 cm³/mol. The number of hydrogen-bond donors (Lipinski definition) is 4. The molecule has 0 saturated carbocycles. The van der Waals surface area contributed by atoms with Gasteiger partial charge in [-0.05, 0) is 19.9 Å². The summed E-state index contributed by atoms with van der Waals surface area (Å²) in [7, 11) is 0. The lowest BCUT2D eigenvalue weighted by atomic mass is 9.89. The van der Waals surface area contributed by atoms with Crippen molar-refractivity contribution in [2.75, 3.05) is 12.3 Å². The maximum absolute atomic E-state index is 11.8. The molecule has 0 amide bonds. The van der Waals surface area contributed by atoms with E-state index in [1.807, 2.05) is 0 Å². The van der Waals surface area contributed by atoms with E-state index in [0.29, 0.717) is 0 Å². The molecule has 4 unspecified atom stereocenters. The number of hydrogen-bond acceptors (Lipinski definition) is 7. The van der Waals surface area contributed by atoms with Crippen LogP contribution in [0, 0.1) is 0 Å². The van der Waals surface area contributed by atoms with Crippen molar-refractivity contribution in [3.05, 3.63) is 22.7 Å². The van der Waals surface area contributed by atoms with Gasteiger partial charge in [-0.25, -0.2) is 4.79 Å². The van der Waals surface area contributed by atoms with Crippen LogP contribution in [-0.2, 0) is 4.74 Å². The standard InChI is InChI=1S/C11H17N3O5/c1-10(5-15)7(16)11(2,18)8(19-10)14-4-3-6(12)13-9(14)17/h3-4,7-8,15-16,18H,5H2,1-2H3,(H2,12,13,17). The molecule has 0 bridgehead atoms. The number of nitrogens with two attached hydrogens (primary N) is 1. The average Bonchev–Trinajstić information content (AvgIpc) is 2.51. The third kappa shape index (κ3) is 2.02. The lowest BCUT2D eigenvalue weighted by Crippen LogP contribution is -2.50. The highest BCUT2D eigenvalue weighted by atomic mass is 16.6. The number of nitrogens with zero attached hydrogens (tertiary/aromatic N) is 2. The van der Waals surface area contributed by atoms with Crippen LogP contribution in [-0.4, -0.2) is 48.8 Å². The van der Waals surface area contributed by atoms with Crippen LogP contribution in [0.1, 0.15) is 20.1 Å². The van der Waals surface area contributed by atoms with Gasteiger partial charge in [0.2, 0.25) is 0 Å². The van der Waals surface area contributed by atoms with Crippen molar-refractivity contribution in [3.63, 3.8) is 0 Å². The summed E-state index contributed by atoms with van der Waals surface area (Å²) >= 11 is 0. The molecule has 106 valence electrons. The van der Waals surface area contributed by atoms with Crippen molar-refractivity contribution >= 4 is 5.82 Å². The molecule has 1 aliphatic heterocycles. The lowest BCUT2D eigenvalue weighted by Gasteiger charge is -2.28. The Labute approximate surface area is 109 Å². The van der Waals surface area contributed by atoms with E-state index in [4.69, 9.17) is 10.5 Å². The molecule has 8 nitrogen and oxygen atoms in total. The fourth-order valence-corrected chi connectivity index (χ4v) is 2.26. The van der Waals surface area contributed by atoms with Gasteiger partial charge in [0.25, 0.3) is 0 Å². The number of ether oxygens (including phenoxy) is 1. The Morgan fingerprint density at radius 1 is 1.58 bits per heavy atom. The van der Waals surface area contributed by atoms with E-state index >= 15 is 0 Å². The number of aromatic nitrogens is 2. The molecule has 1 aromatic heterocycles. The molecule has 0 spiro atoms. The third-order valence-electron chi connectivity index (χ3n) is 3.43. The first kappa shape index (κ1) is 13.9. The Kier molecular flexibility index (Phi) is 3.13. The quantitative estimate of drug-likeness (QED) is 0.500. The topological polar surface area (TPSA) is 131 Å². The summed E-state index contributed by atoms with van der Waals surface area (Å²) in [5.74, 6) is 0.0457. The van der Waals surface area contributed by atoms with Crippen molar-refractivity contribution in [1.29, 1.82) is 0 Å². The number of aliphatic hydroxyl groups excluding tert-OH is 2. The molecule has 5 N–H and O–H groups in total. The minimum atomic E-state index is -1.75. The Bertz CT molecular complexity index is 543. The number of rotatable bonds is 2. The Hall–Kier alpha value is -1.48. The minimum absolute atomic E-state index is 0.0457. The highest BCUT2D eigenvalue weighted by molar-refractivity contribution is 5.24. The largest absolute Gasteiger partial charge is 0.393 e. The zero-order valence-electron chi connectivity index (χ0n) is 10.6.